The number of nitro groups is 1. The first-order valence-corrected chi connectivity index (χ1v) is 8.59. The van der Waals surface area contributed by atoms with E-state index in [0.29, 0.717) is 5.56 Å². The van der Waals surface area contributed by atoms with Crippen molar-refractivity contribution in [3.63, 3.8) is 0 Å². The summed E-state index contributed by atoms with van der Waals surface area (Å²) in [4.78, 5) is 10.3. The average Bonchev–Trinajstić information content (AvgIpc) is 2.53. The van der Waals surface area contributed by atoms with Gasteiger partial charge in [0.15, 0.2) is 0 Å². The highest BCUT2D eigenvalue weighted by Crippen LogP contribution is 2.25. The van der Waals surface area contributed by atoms with Crippen molar-refractivity contribution in [1.82, 2.24) is 4.31 Å². The fourth-order valence-corrected chi connectivity index (χ4v) is 3.95. The number of benzene rings is 2. The van der Waals surface area contributed by atoms with Gasteiger partial charge < -0.3 is 0 Å². The van der Waals surface area contributed by atoms with Crippen molar-refractivity contribution in [3.8, 4) is 0 Å². The van der Waals surface area contributed by atoms with Crippen molar-refractivity contribution in [1.29, 1.82) is 0 Å². The van der Waals surface area contributed by atoms with E-state index in [1.165, 1.54) is 16.4 Å². The highest BCUT2D eigenvalue weighted by molar-refractivity contribution is 7.89. The number of hydrogen-bond donors (Lipinski definition) is 0. The molecule has 0 amide bonds. The first-order valence-electron chi connectivity index (χ1n) is 7.15. The number of non-ortho nitro benzene ring substituents is 1. The molecule has 0 unspecified atom stereocenters. The van der Waals surface area contributed by atoms with Crippen molar-refractivity contribution in [2.75, 3.05) is 6.54 Å². The van der Waals surface area contributed by atoms with Crippen molar-refractivity contribution in [2.45, 2.75) is 25.3 Å². The van der Waals surface area contributed by atoms with Crippen LogP contribution in [0.25, 0.3) is 0 Å². The molecule has 0 radical (unpaired) electrons. The molecule has 0 aliphatic carbocycles. The minimum Gasteiger partial charge on any atom is -0.258 e. The van der Waals surface area contributed by atoms with Gasteiger partial charge in [0.2, 0.25) is 10.0 Å². The van der Waals surface area contributed by atoms with E-state index in [9.17, 15) is 18.5 Å². The predicted octanol–water partition coefficient (Wildman–Crippen LogP) is 3.11. The molecule has 0 atom stereocenters. The van der Waals surface area contributed by atoms with Gasteiger partial charge in [-0.25, -0.2) is 8.42 Å². The lowest BCUT2D eigenvalue weighted by Gasteiger charge is -2.21. The van der Waals surface area contributed by atoms with E-state index in [1.54, 1.807) is 13.8 Å². The molecule has 2 aromatic rings. The van der Waals surface area contributed by atoms with Crippen LogP contribution in [-0.4, -0.2) is 24.2 Å². The van der Waals surface area contributed by atoms with E-state index in [-0.39, 0.29) is 23.7 Å². The van der Waals surface area contributed by atoms with Gasteiger partial charge in [-0.1, -0.05) is 43.3 Å². The standard InChI is InChI=1S/C16H18N2O4S/c1-3-17(12-14-7-5-4-6-8-14)23(21,22)16-11-15(18(19)20)10-9-13(16)2/h4-11H,3,12H2,1-2H3. The molecule has 0 heterocycles. The summed E-state index contributed by atoms with van der Waals surface area (Å²) < 4.78 is 27.0. The zero-order valence-corrected chi connectivity index (χ0v) is 13.8. The smallest absolute Gasteiger partial charge is 0.258 e. The average molecular weight is 334 g/mol. The van der Waals surface area contributed by atoms with Crippen molar-refractivity contribution in [3.05, 3.63) is 69.8 Å². The van der Waals surface area contributed by atoms with E-state index in [2.05, 4.69) is 0 Å². The Kier molecular flexibility index (Phi) is 5.12. The molecule has 6 nitrogen and oxygen atoms in total. The summed E-state index contributed by atoms with van der Waals surface area (Å²) in [6, 6.07) is 13.1. The topological polar surface area (TPSA) is 80.5 Å². The second kappa shape index (κ2) is 6.89. The van der Waals surface area contributed by atoms with Gasteiger partial charge in [0, 0.05) is 25.2 Å². The molecule has 0 aliphatic rings. The molecule has 23 heavy (non-hydrogen) atoms. The highest BCUT2D eigenvalue weighted by atomic mass is 32.2. The van der Waals surface area contributed by atoms with Gasteiger partial charge in [-0.05, 0) is 18.1 Å². The Balaban J connectivity index is 2.43. The van der Waals surface area contributed by atoms with Crippen molar-refractivity contribution >= 4 is 15.7 Å². The summed E-state index contributed by atoms with van der Waals surface area (Å²) in [7, 11) is -3.81. The molecular weight excluding hydrogens is 316 g/mol. The Morgan fingerprint density at radius 1 is 1.13 bits per heavy atom. The Morgan fingerprint density at radius 3 is 2.35 bits per heavy atom. The highest BCUT2D eigenvalue weighted by Gasteiger charge is 2.26. The summed E-state index contributed by atoms with van der Waals surface area (Å²) in [5.41, 5.74) is 1.12. The van der Waals surface area contributed by atoms with Crippen LogP contribution in [0.2, 0.25) is 0 Å². The van der Waals surface area contributed by atoms with E-state index in [1.807, 2.05) is 30.3 Å². The maximum atomic E-state index is 12.9. The zero-order valence-electron chi connectivity index (χ0n) is 13.0. The molecular formula is C16H18N2O4S. The molecule has 0 aliphatic heterocycles. The Bertz CT molecular complexity index is 804. The minimum absolute atomic E-state index is 0.0236. The second-order valence-corrected chi connectivity index (χ2v) is 7.03. The first-order chi connectivity index (χ1) is 10.9. The Morgan fingerprint density at radius 2 is 1.78 bits per heavy atom. The van der Waals surface area contributed by atoms with Crippen LogP contribution >= 0.6 is 0 Å². The number of hydrogen-bond acceptors (Lipinski definition) is 4. The molecule has 7 heteroatoms. The van der Waals surface area contributed by atoms with E-state index in [0.717, 1.165) is 11.6 Å². The van der Waals surface area contributed by atoms with Gasteiger partial charge in [0.05, 0.1) is 9.82 Å². The van der Waals surface area contributed by atoms with Crippen molar-refractivity contribution in [2.24, 2.45) is 0 Å². The van der Waals surface area contributed by atoms with Gasteiger partial charge in [-0.15, -0.1) is 0 Å². The maximum absolute atomic E-state index is 12.9. The van der Waals surface area contributed by atoms with Crippen LogP contribution in [-0.2, 0) is 16.6 Å². The molecule has 0 spiro atoms. The molecule has 0 saturated heterocycles. The van der Waals surface area contributed by atoms with Crippen LogP contribution in [0.15, 0.2) is 53.4 Å². The molecule has 0 bridgehead atoms. The summed E-state index contributed by atoms with van der Waals surface area (Å²) in [5.74, 6) is 0. The lowest BCUT2D eigenvalue weighted by atomic mass is 10.2. The monoisotopic (exact) mass is 334 g/mol. The van der Waals surface area contributed by atoms with Gasteiger partial charge in [0.25, 0.3) is 5.69 Å². The normalized spacial score (nSPS) is 11.6. The molecule has 0 aromatic heterocycles. The molecule has 0 fully saturated rings. The van der Waals surface area contributed by atoms with Crippen LogP contribution in [0.5, 0.6) is 0 Å². The fraction of sp³-hybridized carbons (Fsp3) is 0.250. The molecule has 2 aromatic carbocycles. The molecule has 0 N–H and O–H groups in total. The summed E-state index contributed by atoms with van der Waals surface area (Å²) >= 11 is 0. The van der Waals surface area contributed by atoms with E-state index >= 15 is 0 Å². The van der Waals surface area contributed by atoms with Crippen LogP contribution < -0.4 is 0 Å². The largest absolute Gasteiger partial charge is 0.270 e. The maximum Gasteiger partial charge on any atom is 0.270 e. The van der Waals surface area contributed by atoms with Crippen LogP contribution in [0.3, 0.4) is 0 Å². The molecule has 122 valence electrons. The zero-order chi connectivity index (χ0) is 17.0. The van der Waals surface area contributed by atoms with E-state index < -0.39 is 14.9 Å². The Labute approximate surface area is 135 Å². The second-order valence-electron chi connectivity index (χ2n) is 5.12. The summed E-state index contributed by atoms with van der Waals surface area (Å²) in [5, 5.41) is 10.9. The fourth-order valence-electron chi connectivity index (χ4n) is 2.27. The lowest BCUT2D eigenvalue weighted by Crippen LogP contribution is -2.31. The number of nitro benzene ring substituents is 1. The van der Waals surface area contributed by atoms with Gasteiger partial charge in [0.1, 0.15) is 0 Å². The summed E-state index contributed by atoms with van der Waals surface area (Å²) in [6.07, 6.45) is 0. The third-order valence-electron chi connectivity index (χ3n) is 3.55. The van der Waals surface area contributed by atoms with Gasteiger partial charge in [-0.2, -0.15) is 4.31 Å². The summed E-state index contributed by atoms with van der Waals surface area (Å²) in [6.45, 7) is 3.88. The predicted molar refractivity (Wildman–Crippen MR) is 87.5 cm³/mol. The lowest BCUT2D eigenvalue weighted by molar-refractivity contribution is -0.385. The number of rotatable bonds is 6. The first kappa shape index (κ1) is 17.1. The van der Waals surface area contributed by atoms with Crippen LogP contribution in [0.1, 0.15) is 18.1 Å². The van der Waals surface area contributed by atoms with Gasteiger partial charge in [-0.3, -0.25) is 10.1 Å². The number of sulfonamides is 1. The third kappa shape index (κ3) is 3.75. The number of aryl methyl sites for hydroxylation is 1. The molecule has 0 saturated carbocycles. The number of nitrogens with zero attached hydrogens (tertiary/aromatic N) is 2. The Hall–Kier alpha value is -2.25. The quantitative estimate of drug-likeness (QED) is 0.600. The van der Waals surface area contributed by atoms with Gasteiger partial charge >= 0.3 is 0 Å². The van der Waals surface area contributed by atoms with Crippen LogP contribution in [0, 0.1) is 17.0 Å². The molecule has 2 rings (SSSR count). The van der Waals surface area contributed by atoms with E-state index in [4.69, 9.17) is 0 Å². The van der Waals surface area contributed by atoms with Crippen molar-refractivity contribution < 1.29 is 13.3 Å². The third-order valence-corrected chi connectivity index (χ3v) is 5.62. The van der Waals surface area contributed by atoms with Crippen LogP contribution in [0.4, 0.5) is 5.69 Å². The SMILES string of the molecule is CCN(Cc1ccccc1)S(=O)(=O)c1cc([N+](=O)[O-])ccc1C. The minimum atomic E-state index is -3.81.